The lowest BCUT2D eigenvalue weighted by Gasteiger charge is -2.75. The van der Waals surface area contributed by atoms with Crippen LogP contribution >= 0.6 is 0 Å². The van der Waals surface area contributed by atoms with Crippen LogP contribution in [0.2, 0.25) is 0 Å². The first-order valence-electron chi connectivity index (χ1n) is 13.9. The summed E-state index contributed by atoms with van der Waals surface area (Å²) in [7, 11) is 0. The minimum absolute atomic E-state index is 0.0781. The van der Waals surface area contributed by atoms with Gasteiger partial charge < -0.3 is 5.11 Å². The van der Waals surface area contributed by atoms with Crippen molar-refractivity contribution in [2.45, 2.75) is 132 Å². The zero-order chi connectivity index (χ0) is 22.7. The van der Waals surface area contributed by atoms with Crippen molar-refractivity contribution in [2.75, 3.05) is 0 Å². The third-order valence-corrected chi connectivity index (χ3v) is 13.9. The van der Waals surface area contributed by atoms with E-state index in [-0.39, 0.29) is 6.10 Å². The lowest BCUT2D eigenvalue weighted by atomic mass is 9.30. The van der Waals surface area contributed by atoms with E-state index < -0.39 is 0 Å². The Kier molecular flexibility index (Phi) is 4.80. The summed E-state index contributed by atoms with van der Waals surface area (Å²) in [6.07, 6.45) is 15.1. The van der Waals surface area contributed by atoms with Crippen LogP contribution in [0.4, 0.5) is 0 Å². The van der Waals surface area contributed by atoms with Gasteiger partial charge in [-0.3, -0.25) is 0 Å². The maximum Gasteiger partial charge on any atom is 0.0571 e. The number of aliphatic hydroxyl groups is 1. The molecule has 0 aromatic rings. The molecule has 0 radical (unpaired) electrons. The molecule has 5 aliphatic rings. The monoisotopic (exact) mass is 428 g/mol. The summed E-state index contributed by atoms with van der Waals surface area (Å²) < 4.78 is 0. The van der Waals surface area contributed by atoms with Gasteiger partial charge in [-0.1, -0.05) is 55.4 Å². The molecule has 178 valence electrons. The van der Waals surface area contributed by atoms with Crippen LogP contribution in [0.25, 0.3) is 0 Å². The average Bonchev–Trinajstić information content (AvgIpc) is 2.69. The molecule has 0 spiro atoms. The molecule has 0 aliphatic heterocycles. The standard InChI is InChI=1S/C30H52O/c1-20-21(31)9-10-22-27(20,5)12-11-23-28(22,6)16-18-30(8)24-19-25(2,3)13-14-26(24,4)15-17-29(23,30)7/h20-24,31H,9-19H2,1-8H3/t20-,21-,22-,23-,24-,26+,27-,28-,29-,30-/m1/s1. The van der Waals surface area contributed by atoms with Crippen molar-refractivity contribution in [3.8, 4) is 0 Å². The highest BCUT2D eigenvalue weighted by atomic mass is 16.3. The Labute approximate surface area is 193 Å². The van der Waals surface area contributed by atoms with Crippen LogP contribution < -0.4 is 0 Å². The van der Waals surface area contributed by atoms with Crippen LogP contribution in [0.15, 0.2) is 0 Å². The van der Waals surface area contributed by atoms with E-state index in [2.05, 4.69) is 55.4 Å². The Morgan fingerprint density at radius 1 is 0.581 bits per heavy atom. The maximum absolute atomic E-state index is 10.7. The van der Waals surface area contributed by atoms with Gasteiger partial charge in [-0.05, 0) is 127 Å². The van der Waals surface area contributed by atoms with Gasteiger partial charge >= 0.3 is 0 Å². The molecule has 0 heterocycles. The van der Waals surface area contributed by atoms with Gasteiger partial charge in [0.15, 0.2) is 0 Å². The summed E-state index contributed by atoms with van der Waals surface area (Å²) in [6.45, 7) is 20.9. The highest BCUT2D eigenvalue weighted by Crippen LogP contribution is 2.78. The average molecular weight is 429 g/mol. The Bertz CT molecular complexity index is 741. The largest absolute Gasteiger partial charge is 0.393 e. The Balaban J connectivity index is 1.54. The first-order valence-corrected chi connectivity index (χ1v) is 13.9. The normalized spacial score (nSPS) is 60.9. The third kappa shape index (κ3) is 2.77. The van der Waals surface area contributed by atoms with E-state index in [0.29, 0.717) is 38.4 Å². The van der Waals surface area contributed by atoms with Crippen molar-refractivity contribution in [1.82, 2.24) is 0 Å². The molecule has 5 rings (SSSR count). The smallest absolute Gasteiger partial charge is 0.0571 e. The molecule has 5 aliphatic carbocycles. The predicted octanol–water partition coefficient (Wildman–Crippen LogP) is 8.25. The molecule has 0 aromatic carbocycles. The van der Waals surface area contributed by atoms with Crippen LogP contribution in [0.1, 0.15) is 126 Å². The second kappa shape index (κ2) is 6.55. The Hall–Kier alpha value is -0.0400. The van der Waals surface area contributed by atoms with Crippen molar-refractivity contribution in [3.05, 3.63) is 0 Å². The number of rotatable bonds is 0. The molecular weight excluding hydrogens is 376 g/mol. The van der Waals surface area contributed by atoms with Crippen LogP contribution in [0, 0.1) is 56.2 Å². The second-order valence-electron chi connectivity index (χ2n) is 15.5. The van der Waals surface area contributed by atoms with Gasteiger partial charge in [0.05, 0.1) is 6.10 Å². The molecule has 5 fully saturated rings. The van der Waals surface area contributed by atoms with E-state index in [0.717, 1.165) is 24.2 Å². The van der Waals surface area contributed by atoms with Crippen LogP contribution in [0.3, 0.4) is 0 Å². The van der Waals surface area contributed by atoms with Crippen LogP contribution in [0.5, 0.6) is 0 Å². The van der Waals surface area contributed by atoms with Gasteiger partial charge in [0.1, 0.15) is 0 Å². The van der Waals surface area contributed by atoms with E-state index in [9.17, 15) is 5.11 Å². The fourth-order valence-electron chi connectivity index (χ4n) is 11.4. The number of fused-ring (bicyclic) bond motifs is 7. The molecule has 0 saturated heterocycles. The zero-order valence-corrected chi connectivity index (χ0v) is 22.1. The summed E-state index contributed by atoms with van der Waals surface area (Å²) in [4.78, 5) is 0. The van der Waals surface area contributed by atoms with Gasteiger partial charge in [0, 0.05) is 0 Å². The summed E-state index contributed by atoms with van der Waals surface area (Å²) in [6, 6.07) is 0. The summed E-state index contributed by atoms with van der Waals surface area (Å²) in [5.74, 6) is 3.02. The number of hydrogen-bond donors (Lipinski definition) is 1. The molecule has 1 N–H and O–H groups in total. The fourth-order valence-corrected chi connectivity index (χ4v) is 11.4. The topological polar surface area (TPSA) is 20.2 Å². The van der Waals surface area contributed by atoms with Crippen molar-refractivity contribution in [1.29, 1.82) is 0 Å². The minimum Gasteiger partial charge on any atom is -0.393 e. The van der Waals surface area contributed by atoms with Crippen molar-refractivity contribution < 1.29 is 5.11 Å². The molecule has 0 aromatic heterocycles. The van der Waals surface area contributed by atoms with E-state index in [4.69, 9.17) is 0 Å². The van der Waals surface area contributed by atoms with Gasteiger partial charge in [0.2, 0.25) is 0 Å². The summed E-state index contributed by atoms with van der Waals surface area (Å²) >= 11 is 0. The van der Waals surface area contributed by atoms with Crippen LogP contribution in [-0.4, -0.2) is 11.2 Å². The Morgan fingerprint density at radius 3 is 1.90 bits per heavy atom. The lowest BCUT2D eigenvalue weighted by Crippen LogP contribution is -2.67. The minimum atomic E-state index is -0.0781. The molecule has 1 nitrogen and oxygen atoms in total. The summed E-state index contributed by atoms with van der Waals surface area (Å²) in [5.41, 5.74) is 2.88. The van der Waals surface area contributed by atoms with Crippen molar-refractivity contribution >= 4 is 0 Å². The molecule has 10 atom stereocenters. The van der Waals surface area contributed by atoms with Crippen LogP contribution in [-0.2, 0) is 0 Å². The first-order chi connectivity index (χ1) is 14.2. The van der Waals surface area contributed by atoms with Gasteiger partial charge in [-0.2, -0.15) is 0 Å². The zero-order valence-electron chi connectivity index (χ0n) is 22.1. The highest BCUT2D eigenvalue weighted by molar-refractivity contribution is 5.19. The van der Waals surface area contributed by atoms with Crippen molar-refractivity contribution in [3.63, 3.8) is 0 Å². The number of hydrogen-bond acceptors (Lipinski definition) is 1. The third-order valence-electron chi connectivity index (χ3n) is 13.9. The van der Waals surface area contributed by atoms with Gasteiger partial charge in [-0.25, -0.2) is 0 Å². The number of aliphatic hydroxyl groups excluding tert-OH is 1. The second-order valence-corrected chi connectivity index (χ2v) is 15.5. The fraction of sp³-hybridized carbons (Fsp3) is 1.00. The molecule has 0 amide bonds. The van der Waals surface area contributed by atoms with E-state index >= 15 is 0 Å². The molecule has 5 saturated carbocycles. The predicted molar refractivity (Wildman–Crippen MR) is 131 cm³/mol. The lowest BCUT2D eigenvalue weighted by molar-refractivity contribution is -0.263. The summed E-state index contributed by atoms with van der Waals surface area (Å²) in [5, 5.41) is 10.7. The maximum atomic E-state index is 10.7. The van der Waals surface area contributed by atoms with Crippen molar-refractivity contribution in [2.24, 2.45) is 56.2 Å². The van der Waals surface area contributed by atoms with Gasteiger partial charge in [0.25, 0.3) is 0 Å². The Morgan fingerprint density at radius 2 is 1.19 bits per heavy atom. The first kappa shape index (κ1) is 22.7. The molecule has 0 unspecified atom stereocenters. The molecule has 1 heteroatoms. The SMILES string of the molecule is C[C@@H]1[C@H](O)CC[C@@H]2[C@]1(C)CC[C@@H]1[C@]2(C)CC[C@]2(C)[C@@H]3CC(C)(C)CC[C@@]3(C)CC[C@]12C. The van der Waals surface area contributed by atoms with E-state index in [1.165, 1.54) is 64.2 Å². The quantitative estimate of drug-likeness (QED) is 0.412. The molecule has 31 heavy (non-hydrogen) atoms. The molecule has 0 bridgehead atoms. The van der Waals surface area contributed by atoms with E-state index in [1.54, 1.807) is 0 Å². The van der Waals surface area contributed by atoms with E-state index in [1.807, 2.05) is 0 Å². The highest BCUT2D eigenvalue weighted by Gasteiger charge is 2.70. The molecular formula is C30H52O. The van der Waals surface area contributed by atoms with Gasteiger partial charge in [-0.15, -0.1) is 0 Å².